The SMILES string of the molecule is CCc1nccn1C1CCCN(C(=O)C2(N)Cc3ccccc3C2)C1. The average molecular weight is 338 g/mol. The van der Waals surface area contributed by atoms with Gasteiger partial charge in [0.15, 0.2) is 0 Å². The van der Waals surface area contributed by atoms with E-state index in [1.54, 1.807) is 0 Å². The molecule has 1 aliphatic heterocycles. The third-order valence-electron chi connectivity index (χ3n) is 5.70. The van der Waals surface area contributed by atoms with E-state index < -0.39 is 5.54 Å². The molecule has 1 amide bonds. The number of fused-ring (bicyclic) bond motifs is 1. The number of amides is 1. The van der Waals surface area contributed by atoms with Crippen LogP contribution in [0.2, 0.25) is 0 Å². The standard InChI is InChI=1S/C20H26N4O/c1-2-18-22-9-11-24(18)17-8-5-10-23(14-17)19(25)20(21)12-15-6-3-4-7-16(15)13-20/h3-4,6-7,9,11,17H,2,5,8,10,12-14,21H2,1H3. The van der Waals surface area contributed by atoms with Gasteiger partial charge in [-0.05, 0) is 36.8 Å². The topological polar surface area (TPSA) is 64.2 Å². The monoisotopic (exact) mass is 338 g/mol. The van der Waals surface area contributed by atoms with Gasteiger partial charge in [0.05, 0.1) is 6.04 Å². The maximum Gasteiger partial charge on any atom is 0.243 e. The molecule has 132 valence electrons. The van der Waals surface area contributed by atoms with Crippen LogP contribution in [-0.2, 0) is 24.1 Å². The van der Waals surface area contributed by atoms with E-state index in [9.17, 15) is 4.79 Å². The largest absolute Gasteiger partial charge is 0.339 e. The number of hydrogen-bond acceptors (Lipinski definition) is 3. The summed E-state index contributed by atoms with van der Waals surface area (Å²) in [6.07, 6.45) is 8.21. The van der Waals surface area contributed by atoms with Crippen LogP contribution in [0.3, 0.4) is 0 Å². The number of carbonyl (C=O) groups excluding carboxylic acids is 1. The van der Waals surface area contributed by atoms with Crippen molar-refractivity contribution >= 4 is 5.91 Å². The van der Waals surface area contributed by atoms with Crippen LogP contribution in [0, 0.1) is 0 Å². The molecule has 4 rings (SSSR count). The van der Waals surface area contributed by atoms with Crippen molar-refractivity contribution in [1.82, 2.24) is 14.5 Å². The molecule has 5 nitrogen and oxygen atoms in total. The van der Waals surface area contributed by atoms with Crippen molar-refractivity contribution in [2.45, 2.75) is 50.6 Å². The molecule has 1 aromatic heterocycles. The Morgan fingerprint density at radius 2 is 2.04 bits per heavy atom. The Bertz CT molecular complexity index is 757. The van der Waals surface area contributed by atoms with E-state index >= 15 is 0 Å². The molecule has 0 bridgehead atoms. The summed E-state index contributed by atoms with van der Waals surface area (Å²) in [4.78, 5) is 19.7. The molecule has 2 heterocycles. The van der Waals surface area contributed by atoms with Crippen LogP contribution in [0.5, 0.6) is 0 Å². The normalized spacial score (nSPS) is 22.0. The summed E-state index contributed by atoms with van der Waals surface area (Å²) in [5.74, 6) is 1.20. The fraction of sp³-hybridized carbons (Fsp3) is 0.500. The highest BCUT2D eigenvalue weighted by molar-refractivity contribution is 5.88. The van der Waals surface area contributed by atoms with Gasteiger partial charge in [0.1, 0.15) is 11.4 Å². The molecule has 1 aromatic carbocycles. The average Bonchev–Trinajstić information content (AvgIpc) is 3.24. The molecule has 1 fully saturated rings. The van der Waals surface area contributed by atoms with Crippen molar-refractivity contribution in [3.63, 3.8) is 0 Å². The number of rotatable bonds is 3. The molecule has 25 heavy (non-hydrogen) atoms. The quantitative estimate of drug-likeness (QED) is 0.932. The predicted octanol–water partition coefficient (Wildman–Crippen LogP) is 2.11. The lowest BCUT2D eigenvalue weighted by Crippen LogP contribution is -2.58. The molecule has 1 saturated heterocycles. The van der Waals surface area contributed by atoms with Crippen molar-refractivity contribution in [3.8, 4) is 0 Å². The second-order valence-corrected chi connectivity index (χ2v) is 7.43. The van der Waals surface area contributed by atoms with Gasteiger partial charge in [-0.3, -0.25) is 4.79 Å². The second kappa shape index (κ2) is 6.30. The summed E-state index contributed by atoms with van der Waals surface area (Å²) < 4.78 is 2.24. The first kappa shape index (κ1) is 16.3. The number of nitrogens with zero attached hydrogens (tertiary/aromatic N) is 3. The minimum Gasteiger partial charge on any atom is -0.339 e. The molecular weight excluding hydrogens is 312 g/mol. The highest BCUT2D eigenvalue weighted by Gasteiger charge is 2.43. The molecule has 0 spiro atoms. The Balaban J connectivity index is 1.51. The second-order valence-electron chi connectivity index (χ2n) is 7.43. The van der Waals surface area contributed by atoms with E-state index in [1.807, 2.05) is 29.4 Å². The van der Waals surface area contributed by atoms with E-state index in [1.165, 1.54) is 11.1 Å². The first-order chi connectivity index (χ1) is 12.1. The highest BCUT2D eigenvalue weighted by atomic mass is 16.2. The van der Waals surface area contributed by atoms with Crippen LogP contribution in [0.15, 0.2) is 36.7 Å². The van der Waals surface area contributed by atoms with Crippen LogP contribution in [0.4, 0.5) is 0 Å². The molecule has 0 radical (unpaired) electrons. The number of hydrogen-bond donors (Lipinski definition) is 1. The third kappa shape index (κ3) is 2.86. The van der Waals surface area contributed by atoms with Crippen molar-refractivity contribution in [1.29, 1.82) is 0 Å². The molecule has 0 saturated carbocycles. The first-order valence-corrected chi connectivity index (χ1v) is 9.27. The maximum absolute atomic E-state index is 13.2. The maximum atomic E-state index is 13.2. The van der Waals surface area contributed by atoms with Gasteiger partial charge in [-0.15, -0.1) is 0 Å². The number of imidazole rings is 1. The molecule has 2 N–H and O–H groups in total. The minimum atomic E-state index is -0.784. The number of aromatic nitrogens is 2. The van der Waals surface area contributed by atoms with Gasteiger partial charge in [-0.1, -0.05) is 31.2 Å². The van der Waals surface area contributed by atoms with Gasteiger partial charge in [-0.25, -0.2) is 4.98 Å². The van der Waals surface area contributed by atoms with Crippen LogP contribution >= 0.6 is 0 Å². The number of nitrogens with two attached hydrogens (primary N) is 1. The van der Waals surface area contributed by atoms with E-state index in [2.05, 4.69) is 28.6 Å². The fourth-order valence-corrected chi connectivity index (χ4v) is 4.43. The first-order valence-electron chi connectivity index (χ1n) is 9.27. The summed E-state index contributed by atoms with van der Waals surface area (Å²) >= 11 is 0. The minimum absolute atomic E-state index is 0.103. The number of benzene rings is 1. The van der Waals surface area contributed by atoms with Gasteiger partial charge in [0.25, 0.3) is 0 Å². The van der Waals surface area contributed by atoms with Crippen LogP contribution in [0.1, 0.15) is 42.8 Å². The van der Waals surface area contributed by atoms with E-state index in [0.717, 1.165) is 38.2 Å². The van der Waals surface area contributed by atoms with E-state index in [-0.39, 0.29) is 5.91 Å². The summed E-state index contributed by atoms with van der Waals surface area (Å²) in [5.41, 5.74) is 8.24. The van der Waals surface area contributed by atoms with Gasteiger partial charge in [0.2, 0.25) is 5.91 Å². The molecule has 1 unspecified atom stereocenters. The summed E-state index contributed by atoms with van der Waals surface area (Å²) in [7, 11) is 0. The van der Waals surface area contributed by atoms with Crippen molar-refractivity contribution < 1.29 is 4.79 Å². The van der Waals surface area contributed by atoms with Crippen molar-refractivity contribution in [2.24, 2.45) is 5.73 Å². The predicted molar refractivity (Wildman–Crippen MR) is 97.2 cm³/mol. The third-order valence-corrected chi connectivity index (χ3v) is 5.70. The zero-order valence-corrected chi connectivity index (χ0v) is 14.8. The lowest BCUT2D eigenvalue weighted by atomic mass is 9.93. The zero-order valence-electron chi connectivity index (χ0n) is 14.8. The Hall–Kier alpha value is -2.14. The van der Waals surface area contributed by atoms with E-state index in [0.29, 0.717) is 18.9 Å². The molecule has 5 heteroatoms. The number of likely N-dealkylation sites (tertiary alicyclic amines) is 1. The van der Waals surface area contributed by atoms with E-state index in [4.69, 9.17) is 5.73 Å². The molecular formula is C20H26N4O. The molecule has 1 atom stereocenters. The smallest absolute Gasteiger partial charge is 0.243 e. The summed E-state index contributed by atoms with van der Waals surface area (Å²) in [6.45, 7) is 3.66. The zero-order chi connectivity index (χ0) is 17.4. The van der Waals surface area contributed by atoms with Crippen LogP contribution < -0.4 is 5.73 Å². The van der Waals surface area contributed by atoms with Gasteiger partial charge in [0, 0.05) is 31.9 Å². The Labute approximate surface area is 148 Å². The summed E-state index contributed by atoms with van der Waals surface area (Å²) in [6, 6.07) is 8.54. The van der Waals surface area contributed by atoms with Gasteiger partial charge < -0.3 is 15.2 Å². The van der Waals surface area contributed by atoms with Gasteiger partial charge >= 0.3 is 0 Å². The lowest BCUT2D eigenvalue weighted by molar-refractivity contribution is -0.138. The highest BCUT2D eigenvalue weighted by Crippen LogP contribution is 2.32. The fourth-order valence-electron chi connectivity index (χ4n) is 4.43. The Morgan fingerprint density at radius 3 is 2.72 bits per heavy atom. The molecule has 1 aliphatic carbocycles. The van der Waals surface area contributed by atoms with Crippen LogP contribution in [-0.4, -0.2) is 39.0 Å². The van der Waals surface area contributed by atoms with Crippen molar-refractivity contribution in [3.05, 3.63) is 53.6 Å². The molecule has 2 aliphatic rings. The van der Waals surface area contributed by atoms with Crippen molar-refractivity contribution in [2.75, 3.05) is 13.1 Å². The lowest BCUT2D eigenvalue weighted by Gasteiger charge is -2.38. The Kier molecular flexibility index (Phi) is 4.12. The number of carbonyl (C=O) groups is 1. The summed E-state index contributed by atoms with van der Waals surface area (Å²) in [5, 5.41) is 0. The van der Waals surface area contributed by atoms with Crippen LogP contribution in [0.25, 0.3) is 0 Å². The molecule has 2 aromatic rings. The number of aryl methyl sites for hydroxylation is 1. The Morgan fingerprint density at radius 1 is 1.32 bits per heavy atom. The van der Waals surface area contributed by atoms with Gasteiger partial charge in [-0.2, -0.15) is 0 Å². The number of piperidine rings is 1.